The zero-order valence-corrected chi connectivity index (χ0v) is 20.5. The summed E-state index contributed by atoms with van der Waals surface area (Å²) in [4.78, 5) is 0. The number of nitriles is 1. The molecule has 0 aliphatic carbocycles. The van der Waals surface area contributed by atoms with E-state index in [4.69, 9.17) is 8.53 Å². The van der Waals surface area contributed by atoms with Crippen LogP contribution >= 0.6 is 0 Å². The van der Waals surface area contributed by atoms with Gasteiger partial charge >= 0.3 is 0 Å². The van der Waals surface area contributed by atoms with Crippen molar-refractivity contribution < 1.29 is 17.5 Å². The summed E-state index contributed by atoms with van der Waals surface area (Å²) < 4.78 is 46.2. The molecule has 0 saturated heterocycles. The molecule has 2 heterocycles. The van der Waals surface area contributed by atoms with Crippen LogP contribution in [0.3, 0.4) is 0 Å². The average molecular weight is 467 g/mol. The second-order valence-corrected chi connectivity index (χ2v) is 10.1. The molecule has 0 radical (unpaired) electrons. The Kier molecular flexibility index (Phi) is 4.46. The number of fused-ring (bicyclic) bond motifs is 3. The molecule has 5 rings (SSSR count). The van der Waals surface area contributed by atoms with Crippen molar-refractivity contribution in [2.45, 2.75) is 40.0 Å². The summed E-state index contributed by atoms with van der Waals surface area (Å²) in [6.07, 6.45) is 1.33. The van der Waals surface area contributed by atoms with Crippen LogP contribution in [-0.4, -0.2) is 0 Å². The van der Waals surface area contributed by atoms with E-state index in [2.05, 4.69) is 32.9 Å². The van der Waals surface area contributed by atoms with E-state index in [1.807, 2.05) is 49.4 Å². The van der Waals surface area contributed by atoms with Crippen molar-refractivity contribution in [1.29, 1.82) is 5.26 Å². The van der Waals surface area contributed by atoms with Gasteiger partial charge in [0.1, 0.15) is 24.0 Å². The Morgan fingerprint density at radius 1 is 1.00 bits per heavy atom. The molecule has 0 atom stereocenters. The Labute approximate surface area is 209 Å². The molecule has 3 aromatic carbocycles. The van der Waals surface area contributed by atoms with Crippen LogP contribution in [0.5, 0.6) is 0 Å². The Hall–Kier alpha value is -3.97. The first-order valence-corrected chi connectivity index (χ1v) is 11.5. The maximum Gasteiger partial charge on any atom is 0.219 e. The lowest BCUT2D eigenvalue weighted by Crippen LogP contribution is -2.31. The molecule has 0 bridgehead atoms. The van der Waals surface area contributed by atoms with Gasteiger partial charge in [0, 0.05) is 32.1 Å². The molecule has 0 aliphatic rings. The molecule has 3 nitrogen and oxygen atoms in total. The van der Waals surface area contributed by atoms with Crippen LogP contribution in [0.1, 0.15) is 47.1 Å². The molecule has 2 aromatic heterocycles. The Bertz CT molecular complexity index is 1790. The highest BCUT2D eigenvalue weighted by atomic mass is 19.1. The van der Waals surface area contributed by atoms with Crippen LogP contribution in [0.15, 0.2) is 65.2 Å². The Morgan fingerprint density at radius 3 is 2.49 bits per heavy atom. The van der Waals surface area contributed by atoms with Gasteiger partial charge in [0.25, 0.3) is 0 Å². The maximum absolute atomic E-state index is 15.0. The van der Waals surface area contributed by atoms with Gasteiger partial charge in [-0.15, -0.1) is 0 Å². The summed E-state index contributed by atoms with van der Waals surface area (Å²) >= 11 is 0. The van der Waals surface area contributed by atoms with Crippen molar-refractivity contribution in [2.24, 2.45) is 7.05 Å². The highest BCUT2D eigenvalue weighted by Crippen LogP contribution is 2.41. The van der Waals surface area contributed by atoms with Crippen molar-refractivity contribution in [1.82, 2.24) is 0 Å². The van der Waals surface area contributed by atoms with E-state index in [0.29, 0.717) is 28.0 Å². The molecule has 0 N–H and O–H groups in total. The first-order valence-electron chi connectivity index (χ1n) is 13.0. The van der Waals surface area contributed by atoms with Crippen molar-refractivity contribution >= 4 is 21.9 Å². The lowest BCUT2D eigenvalue weighted by atomic mass is 9.82. The quantitative estimate of drug-likeness (QED) is 0.250. The molecular formula is C31H28FN2O+. The third-order valence-electron chi connectivity index (χ3n) is 6.61. The van der Waals surface area contributed by atoms with E-state index in [9.17, 15) is 5.26 Å². The van der Waals surface area contributed by atoms with Crippen LogP contribution in [0, 0.1) is 30.9 Å². The number of rotatable bonds is 2. The third kappa shape index (κ3) is 3.68. The van der Waals surface area contributed by atoms with Crippen molar-refractivity contribution in [3.05, 3.63) is 88.9 Å². The Morgan fingerprint density at radius 2 is 1.77 bits per heavy atom. The SMILES string of the molecule is [2H]C([2H])([2H])c1c[n+](C)c(-c2c(C)ccc3c2oc2c(-c4ccc(C#N)c(C(C)(C)C)c4)cccc23)cc1F. The summed E-state index contributed by atoms with van der Waals surface area (Å²) in [7, 11) is 1.71. The molecule has 4 heteroatoms. The molecule has 0 fully saturated rings. The number of furan rings is 1. The molecule has 0 amide bonds. The van der Waals surface area contributed by atoms with Gasteiger partial charge in [-0.3, -0.25) is 0 Å². The number of hydrogen-bond donors (Lipinski definition) is 0. The zero-order valence-electron chi connectivity index (χ0n) is 23.5. The second-order valence-electron chi connectivity index (χ2n) is 10.1. The summed E-state index contributed by atoms with van der Waals surface area (Å²) in [6.45, 7) is 5.62. The predicted molar refractivity (Wildman–Crippen MR) is 139 cm³/mol. The number of halogens is 1. The first kappa shape index (κ1) is 19.3. The van der Waals surface area contributed by atoms with Gasteiger partial charge < -0.3 is 4.42 Å². The highest BCUT2D eigenvalue weighted by molar-refractivity contribution is 6.13. The Balaban J connectivity index is 1.79. The maximum atomic E-state index is 15.0. The van der Waals surface area contributed by atoms with Gasteiger partial charge in [-0.2, -0.15) is 5.26 Å². The van der Waals surface area contributed by atoms with E-state index in [-0.39, 0.29) is 11.0 Å². The van der Waals surface area contributed by atoms with Gasteiger partial charge in [-0.1, -0.05) is 57.2 Å². The highest BCUT2D eigenvalue weighted by Gasteiger charge is 2.24. The first-order chi connectivity index (χ1) is 17.8. The minimum atomic E-state index is -2.55. The average Bonchev–Trinajstić information content (AvgIpc) is 3.22. The van der Waals surface area contributed by atoms with Crippen LogP contribution < -0.4 is 4.57 Å². The van der Waals surface area contributed by atoms with Gasteiger partial charge in [0.05, 0.1) is 17.2 Å². The topological polar surface area (TPSA) is 40.8 Å². The monoisotopic (exact) mass is 466 g/mol. The molecule has 174 valence electrons. The van der Waals surface area contributed by atoms with E-state index in [0.717, 1.165) is 33.0 Å². The van der Waals surface area contributed by atoms with Crippen LogP contribution in [0.4, 0.5) is 4.39 Å². The third-order valence-corrected chi connectivity index (χ3v) is 6.61. The van der Waals surface area contributed by atoms with E-state index in [1.54, 1.807) is 11.6 Å². The summed E-state index contributed by atoms with van der Waals surface area (Å²) in [5.74, 6) is -0.779. The van der Waals surface area contributed by atoms with Gasteiger partial charge in [0.2, 0.25) is 5.69 Å². The fourth-order valence-electron chi connectivity index (χ4n) is 4.81. The van der Waals surface area contributed by atoms with Crippen LogP contribution in [-0.2, 0) is 12.5 Å². The number of aromatic nitrogens is 1. The van der Waals surface area contributed by atoms with Gasteiger partial charge in [-0.05, 0) is 48.0 Å². The molecule has 0 spiro atoms. The number of pyridine rings is 1. The molecule has 0 aliphatic heterocycles. The molecule has 0 unspecified atom stereocenters. The fourth-order valence-corrected chi connectivity index (χ4v) is 4.81. The number of hydrogen-bond acceptors (Lipinski definition) is 2. The molecule has 5 aromatic rings. The van der Waals surface area contributed by atoms with E-state index in [1.165, 1.54) is 12.3 Å². The summed E-state index contributed by atoms with van der Waals surface area (Å²) in [5.41, 5.74) is 6.30. The van der Waals surface area contributed by atoms with Crippen LogP contribution in [0.25, 0.3) is 44.3 Å². The molecule has 35 heavy (non-hydrogen) atoms. The zero-order chi connectivity index (χ0) is 27.6. The van der Waals surface area contributed by atoms with Gasteiger partial charge in [-0.25, -0.2) is 8.96 Å². The predicted octanol–water partition coefficient (Wildman–Crippen LogP) is 7.67. The largest absolute Gasteiger partial charge is 0.454 e. The number of benzene rings is 3. The number of nitrogens with zero attached hydrogens (tertiary/aromatic N) is 2. The molecule has 0 saturated carbocycles. The van der Waals surface area contributed by atoms with Gasteiger partial charge in [0.15, 0.2) is 6.20 Å². The summed E-state index contributed by atoms with van der Waals surface area (Å²) in [5, 5.41) is 11.5. The van der Waals surface area contributed by atoms with Crippen molar-refractivity contribution in [3.8, 4) is 28.5 Å². The van der Waals surface area contributed by atoms with E-state index < -0.39 is 12.7 Å². The number of aryl methyl sites for hydroxylation is 3. The minimum Gasteiger partial charge on any atom is -0.454 e. The normalized spacial score (nSPS) is 13.5. The van der Waals surface area contributed by atoms with Crippen molar-refractivity contribution in [2.75, 3.05) is 0 Å². The fraction of sp³-hybridized carbons (Fsp3) is 0.226. The lowest BCUT2D eigenvalue weighted by Gasteiger charge is -2.21. The number of para-hydroxylation sites is 1. The molecular weight excluding hydrogens is 435 g/mol. The minimum absolute atomic E-state index is 0.215. The standard InChI is InChI=1S/C31H28FN2O/c1-18-10-13-24-23-9-7-8-22(20-11-12-21(16-33)25(14-20)31(3,4)5)29(23)35-30(24)28(18)27-15-26(32)19(2)17-34(27)6/h7-15,17H,1-6H3/q+1/i2D3. The smallest absolute Gasteiger partial charge is 0.219 e. The summed E-state index contributed by atoms with van der Waals surface area (Å²) in [6, 6.07) is 19.3. The lowest BCUT2D eigenvalue weighted by molar-refractivity contribution is -0.661. The van der Waals surface area contributed by atoms with Crippen molar-refractivity contribution in [3.63, 3.8) is 0 Å². The van der Waals surface area contributed by atoms with Crippen LogP contribution in [0.2, 0.25) is 0 Å². The van der Waals surface area contributed by atoms with E-state index >= 15 is 4.39 Å². The second kappa shape index (κ2) is 8.06.